The quantitative estimate of drug-likeness (QED) is 0.642. The minimum Gasteiger partial charge on any atom is -0.507 e. The molecule has 0 aromatic heterocycles. The van der Waals surface area contributed by atoms with Crippen LogP contribution in [0.15, 0.2) is 36.4 Å². The second-order valence-corrected chi connectivity index (χ2v) is 5.73. The van der Waals surface area contributed by atoms with Gasteiger partial charge in [-0.3, -0.25) is 15.2 Å². The Morgan fingerprint density at radius 1 is 1.12 bits per heavy atom. The molecule has 3 rings (SSSR count). The summed E-state index contributed by atoms with van der Waals surface area (Å²) in [6.07, 6.45) is 1.31. The molecule has 0 radical (unpaired) electrons. The summed E-state index contributed by atoms with van der Waals surface area (Å²) in [6.45, 7) is 0.914. The van der Waals surface area contributed by atoms with Crippen LogP contribution in [0.5, 0.6) is 11.5 Å². The second kappa shape index (κ2) is 6.38. The fraction of sp³-hybridized carbons (Fsp3) is 0.235. The molecule has 4 N–H and O–H groups in total. The number of amides is 1. The number of aromatic hydroxyl groups is 2. The number of phenolic OH excluding ortho intramolecular Hbond substituents is 2. The maximum atomic E-state index is 11.8. The van der Waals surface area contributed by atoms with Gasteiger partial charge in [0.05, 0.1) is 11.3 Å². The minimum absolute atomic E-state index is 0.0374. The van der Waals surface area contributed by atoms with E-state index in [1.807, 2.05) is 0 Å². The lowest BCUT2D eigenvalue weighted by molar-refractivity contribution is -0.128. The van der Waals surface area contributed by atoms with Gasteiger partial charge in [-0.05, 0) is 36.2 Å². The van der Waals surface area contributed by atoms with Crippen LogP contribution in [-0.2, 0) is 11.3 Å². The Labute approximate surface area is 138 Å². The Balaban J connectivity index is 2.00. The van der Waals surface area contributed by atoms with Crippen LogP contribution in [-0.4, -0.2) is 38.0 Å². The van der Waals surface area contributed by atoms with Crippen molar-refractivity contribution in [1.82, 2.24) is 4.90 Å². The number of phenols is 2. The van der Waals surface area contributed by atoms with Crippen LogP contribution in [0.2, 0.25) is 0 Å². The maximum Gasteiger partial charge on any atom is 0.222 e. The van der Waals surface area contributed by atoms with Gasteiger partial charge in [-0.25, -0.2) is 0 Å². The molecular weight excluding hydrogens is 312 g/mol. The standard InChI is InChI=1S/C17H18N2O5/c20-14-7-6-12(10-18-8-2-5-15(18)21)17(22)16(14)11-3-1-4-13(9-11)19(23)24/h1,3-4,6-7,9,20,22-24H,2,5,8,10H2. The van der Waals surface area contributed by atoms with Crippen molar-refractivity contribution in [3.63, 3.8) is 0 Å². The molecule has 1 saturated heterocycles. The van der Waals surface area contributed by atoms with E-state index in [-0.39, 0.29) is 40.4 Å². The molecule has 126 valence electrons. The van der Waals surface area contributed by atoms with E-state index in [1.54, 1.807) is 23.1 Å². The summed E-state index contributed by atoms with van der Waals surface area (Å²) >= 11 is 0. The van der Waals surface area contributed by atoms with Crippen LogP contribution in [0.3, 0.4) is 0 Å². The van der Waals surface area contributed by atoms with E-state index < -0.39 is 0 Å². The molecule has 7 nitrogen and oxygen atoms in total. The molecular formula is C17H18N2O5. The first-order chi connectivity index (χ1) is 11.5. The highest BCUT2D eigenvalue weighted by molar-refractivity contribution is 5.81. The SMILES string of the molecule is O=C1CCCN1Cc1ccc(O)c(-c2cccc(N(O)O)c2)c1O. The van der Waals surface area contributed by atoms with Crippen LogP contribution in [0, 0.1) is 0 Å². The van der Waals surface area contributed by atoms with Crippen molar-refractivity contribution >= 4 is 11.6 Å². The Hall–Kier alpha value is -2.77. The Morgan fingerprint density at radius 2 is 1.92 bits per heavy atom. The van der Waals surface area contributed by atoms with E-state index in [0.717, 1.165) is 6.42 Å². The first-order valence-electron chi connectivity index (χ1n) is 7.57. The number of carbonyl (C=O) groups is 1. The first-order valence-corrected chi connectivity index (χ1v) is 7.57. The van der Waals surface area contributed by atoms with Crippen molar-refractivity contribution in [2.24, 2.45) is 0 Å². The molecule has 0 bridgehead atoms. The van der Waals surface area contributed by atoms with Gasteiger partial charge in [0, 0.05) is 25.1 Å². The van der Waals surface area contributed by atoms with Crippen LogP contribution in [0.25, 0.3) is 11.1 Å². The molecule has 2 aromatic carbocycles. The van der Waals surface area contributed by atoms with Gasteiger partial charge in [0.15, 0.2) is 0 Å². The predicted octanol–water partition coefficient (Wildman–Crippen LogP) is 2.47. The van der Waals surface area contributed by atoms with Crippen molar-refractivity contribution in [1.29, 1.82) is 0 Å². The van der Waals surface area contributed by atoms with E-state index in [1.165, 1.54) is 18.2 Å². The lowest BCUT2D eigenvalue weighted by Crippen LogP contribution is -2.23. The lowest BCUT2D eigenvalue weighted by atomic mass is 9.99. The molecule has 0 aliphatic carbocycles. The molecule has 24 heavy (non-hydrogen) atoms. The van der Waals surface area contributed by atoms with E-state index >= 15 is 0 Å². The Kier molecular flexibility index (Phi) is 4.28. The third kappa shape index (κ3) is 2.99. The van der Waals surface area contributed by atoms with Crippen molar-refractivity contribution in [3.8, 4) is 22.6 Å². The van der Waals surface area contributed by atoms with Crippen molar-refractivity contribution < 1.29 is 25.4 Å². The second-order valence-electron chi connectivity index (χ2n) is 5.73. The molecule has 1 aliphatic heterocycles. The Bertz CT molecular complexity index is 776. The zero-order valence-electron chi connectivity index (χ0n) is 12.9. The van der Waals surface area contributed by atoms with Gasteiger partial charge in [0.25, 0.3) is 0 Å². The first kappa shape index (κ1) is 16.1. The molecule has 0 unspecified atom stereocenters. The number of carbonyl (C=O) groups excluding carboxylic acids is 1. The predicted molar refractivity (Wildman–Crippen MR) is 85.9 cm³/mol. The smallest absolute Gasteiger partial charge is 0.222 e. The van der Waals surface area contributed by atoms with Gasteiger partial charge in [-0.2, -0.15) is 0 Å². The number of benzene rings is 2. The summed E-state index contributed by atoms with van der Waals surface area (Å²) in [4.78, 5) is 13.4. The zero-order valence-corrected chi connectivity index (χ0v) is 12.9. The molecule has 2 aromatic rings. The van der Waals surface area contributed by atoms with Crippen LogP contribution >= 0.6 is 0 Å². The highest BCUT2D eigenvalue weighted by Gasteiger charge is 2.23. The third-order valence-corrected chi connectivity index (χ3v) is 4.14. The average molecular weight is 330 g/mol. The fourth-order valence-electron chi connectivity index (χ4n) is 2.90. The van der Waals surface area contributed by atoms with Gasteiger partial charge in [-0.1, -0.05) is 12.1 Å². The summed E-state index contributed by atoms with van der Waals surface area (Å²) in [6, 6.07) is 9.11. The normalized spacial score (nSPS) is 14.2. The highest BCUT2D eigenvalue weighted by Crippen LogP contribution is 2.41. The van der Waals surface area contributed by atoms with Gasteiger partial charge in [-0.15, -0.1) is 5.23 Å². The van der Waals surface area contributed by atoms with Crippen molar-refractivity contribution in [3.05, 3.63) is 42.0 Å². The zero-order chi connectivity index (χ0) is 17.3. The minimum atomic E-state index is -0.136. The summed E-state index contributed by atoms with van der Waals surface area (Å²) in [5.41, 5.74) is 1.22. The van der Waals surface area contributed by atoms with E-state index in [2.05, 4.69) is 0 Å². The average Bonchev–Trinajstić information content (AvgIpc) is 2.95. The molecule has 0 saturated carbocycles. The molecule has 0 atom stereocenters. The van der Waals surface area contributed by atoms with Crippen LogP contribution in [0.1, 0.15) is 18.4 Å². The number of hydrogen-bond acceptors (Lipinski definition) is 6. The van der Waals surface area contributed by atoms with E-state index in [4.69, 9.17) is 10.4 Å². The summed E-state index contributed by atoms with van der Waals surface area (Å²) < 4.78 is 0. The topological polar surface area (TPSA) is 104 Å². The van der Waals surface area contributed by atoms with E-state index in [0.29, 0.717) is 24.1 Å². The van der Waals surface area contributed by atoms with Crippen LogP contribution < -0.4 is 5.23 Å². The Morgan fingerprint density at radius 3 is 2.58 bits per heavy atom. The van der Waals surface area contributed by atoms with Crippen molar-refractivity contribution in [2.45, 2.75) is 19.4 Å². The molecule has 1 heterocycles. The third-order valence-electron chi connectivity index (χ3n) is 4.14. The molecule has 0 spiro atoms. The fourth-order valence-corrected chi connectivity index (χ4v) is 2.90. The number of rotatable bonds is 4. The van der Waals surface area contributed by atoms with Gasteiger partial charge < -0.3 is 15.1 Å². The number of anilines is 1. The molecule has 1 fully saturated rings. The summed E-state index contributed by atoms with van der Waals surface area (Å²) in [7, 11) is 0. The largest absolute Gasteiger partial charge is 0.507 e. The van der Waals surface area contributed by atoms with E-state index in [9.17, 15) is 15.0 Å². The van der Waals surface area contributed by atoms with Crippen LogP contribution in [0.4, 0.5) is 5.69 Å². The summed E-state index contributed by atoms with van der Waals surface area (Å²) in [5, 5.41) is 38.9. The van der Waals surface area contributed by atoms with Crippen molar-refractivity contribution in [2.75, 3.05) is 11.8 Å². The number of nitrogens with zero attached hydrogens (tertiary/aromatic N) is 2. The molecule has 1 aliphatic rings. The maximum absolute atomic E-state index is 11.8. The summed E-state index contributed by atoms with van der Waals surface area (Å²) in [5.74, 6) is -0.222. The molecule has 7 heteroatoms. The van der Waals surface area contributed by atoms with Gasteiger partial charge in [0.2, 0.25) is 5.91 Å². The lowest BCUT2D eigenvalue weighted by Gasteiger charge is -2.19. The molecule has 1 amide bonds. The van der Waals surface area contributed by atoms with Gasteiger partial charge >= 0.3 is 0 Å². The number of likely N-dealkylation sites (tertiary alicyclic amines) is 1. The van der Waals surface area contributed by atoms with Gasteiger partial charge in [0.1, 0.15) is 11.5 Å². The highest BCUT2D eigenvalue weighted by atomic mass is 16.8. The monoisotopic (exact) mass is 330 g/mol. The number of hydrogen-bond donors (Lipinski definition) is 4.